The van der Waals surface area contributed by atoms with E-state index in [1.807, 2.05) is 6.26 Å². The van der Waals surface area contributed by atoms with Crippen molar-refractivity contribution in [3.63, 3.8) is 0 Å². The molecule has 0 radical (unpaired) electrons. The van der Waals surface area contributed by atoms with Crippen molar-refractivity contribution in [2.45, 2.75) is 70.7 Å². The van der Waals surface area contributed by atoms with E-state index in [2.05, 4.69) is 6.92 Å². The van der Waals surface area contributed by atoms with Crippen molar-refractivity contribution < 1.29 is 14.2 Å². The first-order chi connectivity index (χ1) is 9.72. The van der Waals surface area contributed by atoms with Gasteiger partial charge in [-0.05, 0) is 63.9 Å². The summed E-state index contributed by atoms with van der Waals surface area (Å²) < 4.78 is 17.5. The lowest BCUT2D eigenvalue weighted by atomic mass is 10.1. The Labute approximate surface area is 133 Å². The molecule has 0 aliphatic carbocycles. The van der Waals surface area contributed by atoms with E-state index in [4.69, 9.17) is 26.4 Å². The largest absolute Gasteiger partial charge is 0.476 e. The highest BCUT2D eigenvalue weighted by molar-refractivity contribution is 8.22. The summed E-state index contributed by atoms with van der Waals surface area (Å²) in [7, 11) is 0. The molecule has 0 N–H and O–H groups in total. The van der Waals surface area contributed by atoms with E-state index in [0.717, 1.165) is 32.5 Å². The second-order valence-corrected chi connectivity index (χ2v) is 6.66. The van der Waals surface area contributed by atoms with Gasteiger partial charge in [-0.3, -0.25) is 0 Å². The van der Waals surface area contributed by atoms with E-state index in [1.54, 1.807) is 0 Å². The van der Waals surface area contributed by atoms with E-state index >= 15 is 0 Å². The smallest absolute Gasteiger partial charge is 0.219 e. The zero-order chi connectivity index (χ0) is 14.6. The summed E-state index contributed by atoms with van der Waals surface area (Å²) in [6.07, 6.45) is 11.6. The third-order valence-corrected chi connectivity index (χ3v) is 4.44. The van der Waals surface area contributed by atoms with Crippen molar-refractivity contribution in [1.29, 1.82) is 0 Å². The van der Waals surface area contributed by atoms with E-state index < -0.39 is 0 Å². The molecule has 2 atom stereocenters. The van der Waals surface area contributed by atoms with Crippen LogP contribution in [-0.4, -0.2) is 36.2 Å². The molecule has 1 fully saturated rings. The van der Waals surface area contributed by atoms with Crippen LogP contribution in [0.1, 0.15) is 58.3 Å². The van der Waals surface area contributed by atoms with Crippen molar-refractivity contribution >= 4 is 28.4 Å². The van der Waals surface area contributed by atoms with Gasteiger partial charge in [0.05, 0.1) is 6.10 Å². The van der Waals surface area contributed by atoms with Crippen molar-refractivity contribution in [3.8, 4) is 0 Å². The van der Waals surface area contributed by atoms with Gasteiger partial charge < -0.3 is 14.2 Å². The average molecular weight is 321 g/mol. The van der Waals surface area contributed by atoms with Crippen LogP contribution in [0.5, 0.6) is 0 Å². The summed E-state index contributed by atoms with van der Waals surface area (Å²) in [6, 6.07) is 0. The fourth-order valence-electron chi connectivity index (χ4n) is 2.22. The summed E-state index contributed by atoms with van der Waals surface area (Å²) in [6.45, 7) is 3.78. The summed E-state index contributed by atoms with van der Waals surface area (Å²) >= 11 is 6.54. The average Bonchev–Trinajstić information content (AvgIpc) is 2.47. The highest BCUT2D eigenvalue weighted by Gasteiger charge is 2.13. The standard InChI is InChI=1S/C15H28O3S2/c1-13(18-15(19)20-2)9-5-3-4-7-11-16-14-10-6-8-12-17-14/h13-14H,3-12H2,1-2H3. The van der Waals surface area contributed by atoms with Gasteiger partial charge in [0.15, 0.2) is 6.29 Å². The molecule has 1 rings (SSSR count). The van der Waals surface area contributed by atoms with Crippen LogP contribution in [-0.2, 0) is 14.2 Å². The Balaban J connectivity index is 1.85. The Morgan fingerprint density at radius 1 is 1.30 bits per heavy atom. The lowest BCUT2D eigenvalue weighted by Crippen LogP contribution is -2.22. The molecule has 0 spiro atoms. The zero-order valence-electron chi connectivity index (χ0n) is 12.8. The first-order valence-corrected chi connectivity index (χ1v) is 9.33. The summed E-state index contributed by atoms with van der Waals surface area (Å²) in [5.74, 6) is 0. The van der Waals surface area contributed by atoms with Crippen molar-refractivity contribution in [1.82, 2.24) is 0 Å². The topological polar surface area (TPSA) is 27.7 Å². The number of unbranched alkanes of at least 4 members (excludes halogenated alkanes) is 3. The Kier molecular flexibility index (Phi) is 10.7. The molecule has 1 heterocycles. The quantitative estimate of drug-likeness (QED) is 0.459. The Bertz CT molecular complexity index is 256. The number of hydrogen-bond donors (Lipinski definition) is 0. The number of thioether (sulfide) groups is 1. The first kappa shape index (κ1) is 18.2. The van der Waals surface area contributed by atoms with E-state index in [1.165, 1.54) is 43.9 Å². The highest BCUT2D eigenvalue weighted by atomic mass is 32.2. The Hall–Kier alpha value is 0.160. The maximum Gasteiger partial charge on any atom is 0.219 e. The molecule has 2 unspecified atom stereocenters. The van der Waals surface area contributed by atoms with Gasteiger partial charge in [-0.2, -0.15) is 0 Å². The van der Waals surface area contributed by atoms with Crippen molar-refractivity contribution in [2.75, 3.05) is 19.5 Å². The monoisotopic (exact) mass is 320 g/mol. The molecule has 1 saturated heterocycles. The maximum atomic E-state index is 5.71. The number of rotatable bonds is 9. The third kappa shape index (κ3) is 9.16. The van der Waals surface area contributed by atoms with E-state index in [9.17, 15) is 0 Å². The molecule has 0 bridgehead atoms. The molecular formula is C15H28O3S2. The second-order valence-electron chi connectivity index (χ2n) is 5.25. The molecule has 20 heavy (non-hydrogen) atoms. The van der Waals surface area contributed by atoms with Gasteiger partial charge in [0.2, 0.25) is 4.38 Å². The van der Waals surface area contributed by atoms with Gasteiger partial charge in [0.1, 0.15) is 0 Å². The van der Waals surface area contributed by atoms with Crippen LogP contribution in [0.25, 0.3) is 0 Å². The normalized spacial score (nSPS) is 20.6. The van der Waals surface area contributed by atoms with Crippen LogP contribution in [0.15, 0.2) is 0 Å². The summed E-state index contributed by atoms with van der Waals surface area (Å²) in [5, 5.41) is 0. The Morgan fingerprint density at radius 3 is 2.80 bits per heavy atom. The highest BCUT2D eigenvalue weighted by Crippen LogP contribution is 2.15. The molecular weight excluding hydrogens is 292 g/mol. The molecule has 1 aliphatic rings. The van der Waals surface area contributed by atoms with Crippen molar-refractivity contribution in [3.05, 3.63) is 0 Å². The van der Waals surface area contributed by atoms with Crippen LogP contribution in [0.2, 0.25) is 0 Å². The van der Waals surface area contributed by atoms with Crippen LogP contribution >= 0.6 is 24.0 Å². The van der Waals surface area contributed by atoms with Crippen LogP contribution in [0, 0.1) is 0 Å². The molecule has 1 aliphatic heterocycles. The molecule has 118 valence electrons. The van der Waals surface area contributed by atoms with Gasteiger partial charge >= 0.3 is 0 Å². The molecule has 0 amide bonds. The minimum Gasteiger partial charge on any atom is -0.476 e. The van der Waals surface area contributed by atoms with Crippen molar-refractivity contribution in [2.24, 2.45) is 0 Å². The zero-order valence-corrected chi connectivity index (χ0v) is 14.4. The number of ether oxygens (including phenoxy) is 3. The van der Waals surface area contributed by atoms with Gasteiger partial charge in [0, 0.05) is 13.2 Å². The van der Waals surface area contributed by atoms with Gasteiger partial charge in [0.25, 0.3) is 0 Å². The SMILES string of the molecule is CSC(=S)OC(C)CCCCCCOC1CCCCO1. The minimum atomic E-state index is 0.0599. The minimum absolute atomic E-state index is 0.0599. The molecule has 0 aromatic rings. The van der Waals surface area contributed by atoms with Crippen LogP contribution in [0.3, 0.4) is 0 Å². The predicted molar refractivity (Wildman–Crippen MR) is 89.3 cm³/mol. The lowest BCUT2D eigenvalue weighted by molar-refractivity contribution is -0.162. The Morgan fingerprint density at radius 2 is 2.10 bits per heavy atom. The maximum absolute atomic E-state index is 5.71. The molecule has 0 saturated carbocycles. The van der Waals surface area contributed by atoms with Crippen LogP contribution in [0.4, 0.5) is 0 Å². The summed E-state index contributed by atoms with van der Waals surface area (Å²) in [5.41, 5.74) is 0. The van der Waals surface area contributed by atoms with Gasteiger partial charge in [-0.15, -0.1) is 0 Å². The third-order valence-electron chi connectivity index (χ3n) is 3.41. The number of hydrogen-bond acceptors (Lipinski definition) is 5. The van der Waals surface area contributed by atoms with Crippen LogP contribution < -0.4 is 0 Å². The molecule has 5 heteroatoms. The first-order valence-electron chi connectivity index (χ1n) is 7.70. The van der Waals surface area contributed by atoms with Gasteiger partial charge in [-0.25, -0.2) is 0 Å². The lowest BCUT2D eigenvalue weighted by Gasteiger charge is -2.22. The van der Waals surface area contributed by atoms with E-state index in [-0.39, 0.29) is 12.4 Å². The number of thiocarbonyl (C=S) groups is 1. The molecule has 0 aromatic heterocycles. The van der Waals surface area contributed by atoms with Gasteiger partial charge in [-0.1, -0.05) is 24.6 Å². The fourth-order valence-corrected chi connectivity index (χ4v) is 2.64. The molecule has 0 aromatic carbocycles. The van der Waals surface area contributed by atoms with E-state index in [0.29, 0.717) is 4.38 Å². The second kappa shape index (κ2) is 11.8. The fraction of sp³-hybridized carbons (Fsp3) is 0.933. The predicted octanol–water partition coefficient (Wildman–Crippen LogP) is 4.53. The molecule has 3 nitrogen and oxygen atoms in total. The summed E-state index contributed by atoms with van der Waals surface area (Å²) in [4.78, 5) is 0.